The summed E-state index contributed by atoms with van der Waals surface area (Å²) in [4.78, 5) is 3.98. The third kappa shape index (κ3) is 62.3. The van der Waals surface area contributed by atoms with Gasteiger partial charge in [-0.1, -0.05) is 399 Å². The number of hydrogen-bond acceptors (Lipinski definition) is 3. The molecule has 0 saturated heterocycles. The molecule has 0 saturated carbocycles. The van der Waals surface area contributed by atoms with Gasteiger partial charge in [-0.2, -0.15) is 11.3 Å². The van der Waals surface area contributed by atoms with E-state index < -0.39 is 0 Å². The largest absolute Gasteiger partial charge is 0.473 e. The zero-order valence-electron chi connectivity index (χ0n) is 64.0. The fourth-order valence-corrected chi connectivity index (χ4v) is 6.79. The minimum Gasteiger partial charge on any atom is -0.473 e. The molecule has 0 aliphatic rings. The molecule has 0 aliphatic heterocycles. The number of pyridine rings is 1. The maximum absolute atomic E-state index is 4.58. The number of fused-ring (bicyclic) bond motifs is 1. The molecule has 92 heavy (non-hydrogen) atoms. The molecule has 0 fully saturated rings. The van der Waals surface area contributed by atoms with E-state index in [1.54, 1.807) is 30.1 Å². The molecule has 0 atom stereocenters. The highest BCUT2D eigenvalue weighted by atomic mass is 32.1. The number of benzene rings is 8. The number of aromatic nitrogens is 1. The summed E-state index contributed by atoms with van der Waals surface area (Å²) in [5.41, 5.74) is 14.4. The lowest BCUT2D eigenvalue weighted by molar-refractivity contribution is 0.567. The fraction of sp³-hybridized carbons (Fsp3) is 0.337. The smallest absolute Gasteiger partial charge is 0.0902 e. The van der Waals surface area contributed by atoms with Gasteiger partial charge in [0.15, 0.2) is 0 Å². The monoisotopic (exact) mass is 1270 g/mol. The van der Waals surface area contributed by atoms with Crippen molar-refractivity contribution in [2.24, 2.45) is 0 Å². The number of rotatable bonds is 3. The Bertz CT molecular complexity index is 2700. The first-order valence-electron chi connectivity index (χ1n) is 34.7. The number of furan rings is 1. The van der Waals surface area contributed by atoms with Crippen molar-refractivity contribution in [1.29, 1.82) is 0 Å². The number of thiophene rings is 1. The molecule has 0 aliphatic carbocycles. The highest BCUT2D eigenvalue weighted by molar-refractivity contribution is 7.07. The van der Waals surface area contributed by atoms with Crippen LogP contribution in [0.3, 0.4) is 0 Å². The first kappa shape index (κ1) is 100. The molecular formula is C89H135NOS. The van der Waals surface area contributed by atoms with Crippen molar-refractivity contribution < 1.29 is 4.42 Å². The van der Waals surface area contributed by atoms with Crippen LogP contribution in [0.2, 0.25) is 0 Å². The molecule has 0 bridgehead atoms. The summed E-state index contributed by atoms with van der Waals surface area (Å²) in [6, 6.07) is 85.3. The average Bonchev–Trinajstić information content (AvgIpc) is 4.04. The van der Waals surface area contributed by atoms with Crippen LogP contribution in [0.15, 0.2) is 283 Å². The average molecular weight is 1270 g/mol. The van der Waals surface area contributed by atoms with Crippen molar-refractivity contribution in [3.05, 3.63) is 328 Å². The van der Waals surface area contributed by atoms with E-state index >= 15 is 0 Å². The zero-order valence-corrected chi connectivity index (χ0v) is 64.8. The van der Waals surface area contributed by atoms with E-state index in [9.17, 15) is 0 Å². The summed E-state index contributed by atoms with van der Waals surface area (Å²) in [5, 5.41) is 6.70. The maximum atomic E-state index is 4.58. The molecule has 2 nitrogen and oxygen atoms in total. The van der Waals surface area contributed by atoms with Gasteiger partial charge < -0.3 is 4.42 Å². The zero-order chi connectivity index (χ0) is 71.9. The summed E-state index contributed by atoms with van der Waals surface area (Å²) < 4.78 is 4.58. The van der Waals surface area contributed by atoms with Crippen molar-refractivity contribution in [1.82, 2.24) is 4.98 Å². The van der Waals surface area contributed by atoms with E-state index in [4.69, 9.17) is 0 Å². The van der Waals surface area contributed by atoms with Gasteiger partial charge in [0.1, 0.15) is 0 Å². The van der Waals surface area contributed by atoms with Gasteiger partial charge in [0.2, 0.25) is 0 Å². The van der Waals surface area contributed by atoms with Crippen molar-refractivity contribution in [2.45, 2.75) is 207 Å². The van der Waals surface area contributed by atoms with E-state index in [1.807, 2.05) is 255 Å². The van der Waals surface area contributed by atoms with Crippen LogP contribution in [-0.4, -0.2) is 4.98 Å². The lowest BCUT2D eigenvalue weighted by Gasteiger charge is -2.06. The summed E-state index contributed by atoms with van der Waals surface area (Å²) in [6.07, 6.45) is 6.07. The highest BCUT2D eigenvalue weighted by Gasteiger charge is 1.99. The van der Waals surface area contributed by atoms with E-state index in [-0.39, 0.29) is 0 Å². The van der Waals surface area contributed by atoms with E-state index in [2.05, 4.69) is 215 Å². The van der Waals surface area contributed by atoms with E-state index in [0.717, 1.165) is 12.1 Å². The van der Waals surface area contributed by atoms with E-state index in [1.165, 1.54) is 66.4 Å². The molecular weight excluding hydrogens is 1130 g/mol. The number of nitrogens with zero attached hydrogens (tertiary/aromatic N) is 1. The molecule has 0 spiro atoms. The summed E-state index contributed by atoms with van der Waals surface area (Å²) in [5.74, 6) is 0. The number of aryl methyl sites for hydroxylation is 7. The summed E-state index contributed by atoms with van der Waals surface area (Å²) in [7, 11) is 0. The summed E-state index contributed by atoms with van der Waals surface area (Å²) >= 11 is 1.71. The Balaban J connectivity index is -0.000000143. The molecule has 11 aromatic rings. The Morgan fingerprint density at radius 1 is 0.272 bits per heavy atom. The Kier molecular flexibility index (Phi) is 92.9. The topological polar surface area (TPSA) is 26.0 Å². The SMILES string of the molecule is CC.CC.CC.CC.CC.CC.CC.CC.CC.CC.CC.Cc1ccc(-c2ccccc2)cc1.Cc1ccc(Cc2ccc(C)c(C)c2)cc1.Cc1ccccc1.Cc1ccccc1.Cc1ccccn1.c1ccc2ccccc2c1.c1ccoc1.c1ccsc1. The third-order valence-electron chi connectivity index (χ3n) is 10.5. The molecule has 3 heterocycles. The molecule has 0 N–H and O–H groups in total. The van der Waals surface area contributed by atoms with Gasteiger partial charge in [0, 0.05) is 11.9 Å². The van der Waals surface area contributed by atoms with Crippen molar-refractivity contribution in [3.63, 3.8) is 0 Å². The van der Waals surface area contributed by atoms with Gasteiger partial charge in [0.05, 0.1) is 12.5 Å². The van der Waals surface area contributed by atoms with Crippen molar-refractivity contribution >= 4 is 22.1 Å². The molecule has 11 rings (SSSR count). The van der Waals surface area contributed by atoms with Gasteiger partial charge in [-0.15, -0.1) is 0 Å². The van der Waals surface area contributed by atoms with Crippen LogP contribution in [0.25, 0.3) is 21.9 Å². The second kappa shape index (κ2) is 85.2. The Hall–Kier alpha value is -7.85. The molecule has 0 amide bonds. The molecule has 508 valence electrons. The van der Waals surface area contributed by atoms with Gasteiger partial charge in [0.25, 0.3) is 0 Å². The standard InChI is InChI=1S/C16H18.C13H12.C10H8.2C7H8.C6H7N.C4H4O.C4H4S.11C2H6/c1-12-4-7-15(8-5-12)11-16-9-6-13(2)14(3)10-16;1-11-7-9-13(10-8-11)12-5-3-2-4-6-12;1-2-6-10-8-4-3-7-9(10)5-1;2*1-7-5-3-2-4-6-7;1-6-4-2-3-5-7-6;2*1-2-4-5-3-1;11*1-2/h4-10H,11H2,1-3H3;2-10H,1H3;1-8H;2*2-6H,1H3;2-5H,1H3;2*1-4H;11*1-2H3. The third-order valence-corrected chi connectivity index (χ3v) is 11.1. The van der Waals surface area contributed by atoms with Gasteiger partial charge in [-0.25, -0.2) is 0 Å². The lowest BCUT2D eigenvalue weighted by atomic mass is 10.00. The first-order valence-corrected chi connectivity index (χ1v) is 35.6. The second-order valence-corrected chi connectivity index (χ2v) is 17.3. The molecule has 8 aromatic carbocycles. The van der Waals surface area contributed by atoms with Crippen LogP contribution in [0, 0.1) is 48.5 Å². The van der Waals surface area contributed by atoms with Gasteiger partial charge in [-0.05, 0) is 134 Å². The van der Waals surface area contributed by atoms with Gasteiger partial charge >= 0.3 is 0 Å². The van der Waals surface area contributed by atoms with Crippen molar-refractivity contribution in [3.8, 4) is 11.1 Å². The summed E-state index contributed by atoms with van der Waals surface area (Å²) in [6.45, 7) is 58.7. The quantitative estimate of drug-likeness (QED) is 0.176. The Morgan fingerprint density at radius 2 is 0.587 bits per heavy atom. The normalized spacial score (nSPS) is 7.88. The van der Waals surface area contributed by atoms with Gasteiger partial charge in [-0.3, -0.25) is 4.98 Å². The molecule has 0 radical (unpaired) electrons. The van der Waals surface area contributed by atoms with Crippen LogP contribution in [0.4, 0.5) is 0 Å². The van der Waals surface area contributed by atoms with Crippen LogP contribution in [0.5, 0.6) is 0 Å². The van der Waals surface area contributed by atoms with Crippen LogP contribution in [0.1, 0.15) is 203 Å². The van der Waals surface area contributed by atoms with Crippen LogP contribution >= 0.6 is 11.3 Å². The van der Waals surface area contributed by atoms with Crippen LogP contribution < -0.4 is 0 Å². The Morgan fingerprint density at radius 3 is 0.859 bits per heavy atom. The van der Waals surface area contributed by atoms with E-state index in [0.29, 0.717) is 0 Å². The Labute approximate surface area is 574 Å². The lowest BCUT2D eigenvalue weighted by Crippen LogP contribution is -1.90. The number of hydrogen-bond donors (Lipinski definition) is 0. The molecule has 3 heteroatoms. The predicted octanol–water partition coefficient (Wildman–Crippen LogP) is 30.4. The minimum absolute atomic E-state index is 1.03. The molecule has 3 aromatic heterocycles. The fourth-order valence-electron chi connectivity index (χ4n) is 6.34. The minimum atomic E-state index is 1.03. The second-order valence-electron chi connectivity index (χ2n) is 16.5. The highest BCUT2D eigenvalue weighted by Crippen LogP contribution is 2.19. The maximum Gasteiger partial charge on any atom is 0.0902 e. The van der Waals surface area contributed by atoms with Crippen LogP contribution in [-0.2, 0) is 6.42 Å². The predicted molar refractivity (Wildman–Crippen MR) is 430 cm³/mol. The molecule has 0 unspecified atom stereocenters. The van der Waals surface area contributed by atoms with Crippen molar-refractivity contribution in [2.75, 3.05) is 0 Å². The first-order chi connectivity index (χ1) is 45.2.